The topological polar surface area (TPSA) is 72.0 Å². The van der Waals surface area contributed by atoms with E-state index in [0.717, 1.165) is 5.56 Å². The van der Waals surface area contributed by atoms with Crippen LogP contribution in [0.1, 0.15) is 29.4 Å². The maximum Gasteiger partial charge on any atom is 0.264 e. The number of hydrogen-bond acceptors (Lipinski definition) is 5. The number of ketones is 1. The predicted octanol–water partition coefficient (Wildman–Crippen LogP) is 2.96. The van der Waals surface area contributed by atoms with Crippen LogP contribution in [0.15, 0.2) is 24.5 Å². The Morgan fingerprint density at radius 3 is 2.90 bits per heavy atom. The summed E-state index contributed by atoms with van der Waals surface area (Å²) in [6.07, 6.45) is 4.41. The highest BCUT2D eigenvalue weighted by Gasteiger charge is 2.17. The van der Waals surface area contributed by atoms with Crippen molar-refractivity contribution in [3.05, 3.63) is 34.6 Å². The van der Waals surface area contributed by atoms with Crippen LogP contribution in [0.2, 0.25) is 5.15 Å². The van der Waals surface area contributed by atoms with Gasteiger partial charge in [-0.1, -0.05) is 11.6 Å². The van der Waals surface area contributed by atoms with Crippen molar-refractivity contribution in [3.8, 4) is 10.6 Å². The molecular formula is C14H14ClN3O2S. The fraction of sp³-hybridized carbons (Fsp3) is 0.286. The molecule has 0 bridgehead atoms. The van der Waals surface area contributed by atoms with Crippen molar-refractivity contribution in [1.82, 2.24) is 15.3 Å². The average Bonchev–Trinajstić information content (AvgIpc) is 2.86. The van der Waals surface area contributed by atoms with E-state index >= 15 is 0 Å². The van der Waals surface area contributed by atoms with Crippen molar-refractivity contribution in [3.63, 3.8) is 0 Å². The number of carbonyl (C=O) groups is 2. The number of carbonyl (C=O) groups excluding carboxylic acids is 2. The van der Waals surface area contributed by atoms with Crippen LogP contribution in [-0.2, 0) is 4.79 Å². The quantitative estimate of drug-likeness (QED) is 0.830. The molecule has 0 spiro atoms. The smallest absolute Gasteiger partial charge is 0.264 e. The van der Waals surface area contributed by atoms with Crippen LogP contribution < -0.4 is 5.32 Å². The minimum atomic E-state index is -0.267. The minimum Gasteiger partial charge on any atom is -0.351 e. The highest BCUT2D eigenvalue weighted by atomic mass is 35.5. The van der Waals surface area contributed by atoms with Gasteiger partial charge >= 0.3 is 0 Å². The molecule has 1 N–H and O–H groups in total. The van der Waals surface area contributed by atoms with Crippen molar-refractivity contribution in [2.45, 2.75) is 19.8 Å². The van der Waals surface area contributed by atoms with Gasteiger partial charge in [0.15, 0.2) is 5.15 Å². The van der Waals surface area contributed by atoms with E-state index in [1.54, 1.807) is 18.5 Å². The van der Waals surface area contributed by atoms with E-state index in [1.807, 2.05) is 6.07 Å². The molecule has 2 aromatic rings. The summed E-state index contributed by atoms with van der Waals surface area (Å²) in [6.45, 7) is 1.97. The first kappa shape index (κ1) is 15.6. The standard InChI is InChI=1S/C14H14ClN3O2S/c1-9(19)4-2-7-17-13(20)11-12(15)18-14(21-11)10-5-3-6-16-8-10/h3,5-6,8H,2,4,7H2,1H3,(H,17,20). The van der Waals surface area contributed by atoms with E-state index < -0.39 is 0 Å². The number of hydrogen-bond donors (Lipinski definition) is 1. The molecule has 2 rings (SSSR count). The van der Waals surface area contributed by atoms with Gasteiger partial charge in [-0.15, -0.1) is 11.3 Å². The molecule has 0 aromatic carbocycles. The molecule has 2 aromatic heterocycles. The van der Waals surface area contributed by atoms with E-state index in [4.69, 9.17) is 11.6 Å². The molecule has 7 heteroatoms. The Morgan fingerprint density at radius 2 is 2.24 bits per heavy atom. The number of Topliss-reactive ketones (excluding diaryl/α,β-unsaturated/α-hetero) is 1. The predicted molar refractivity (Wildman–Crippen MR) is 82.6 cm³/mol. The molecule has 0 fully saturated rings. The Kier molecular flexibility index (Phi) is 5.41. The minimum absolute atomic E-state index is 0.110. The van der Waals surface area contributed by atoms with Gasteiger partial charge in [0.25, 0.3) is 5.91 Å². The molecule has 0 atom stereocenters. The molecule has 1 amide bonds. The van der Waals surface area contributed by atoms with Gasteiger partial charge in [-0.2, -0.15) is 0 Å². The molecule has 0 saturated heterocycles. The van der Waals surface area contributed by atoms with Crippen molar-refractivity contribution < 1.29 is 9.59 Å². The summed E-state index contributed by atoms with van der Waals surface area (Å²) in [4.78, 5) is 31.4. The van der Waals surface area contributed by atoms with Crippen LogP contribution in [0.25, 0.3) is 10.6 Å². The van der Waals surface area contributed by atoms with E-state index in [-0.39, 0.29) is 16.8 Å². The molecule has 0 saturated carbocycles. The highest BCUT2D eigenvalue weighted by molar-refractivity contribution is 7.17. The third-order valence-corrected chi connectivity index (χ3v) is 4.18. The Balaban J connectivity index is 2.02. The second-order valence-electron chi connectivity index (χ2n) is 4.44. The third-order valence-electron chi connectivity index (χ3n) is 2.69. The number of rotatable bonds is 6. The number of thiazole rings is 1. The maximum absolute atomic E-state index is 12.0. The van der Waals surface area contributed by atoms with E-state index in [9.17, 15) is 9.59 Å². The van der Waals surface area contributed by atoms with Gasteiger partial charge in [-0.3, -0.25) is 9.78 Å². The second-order valence-corrected chi connectivity index (χ2v) is 5.80. The summed E-state index contributed by atoms with van der Waals surface area (Å²) in [5.74, 6) is -0.157. The first-order valence-corrected chi connectivity index (χ1v) is 7.61. The largest absolute Gasteiger partial charge is 0.351 e. The summed E-state index contributed by atoms with van der Waals surface area (Å²) < 4.78 is 0. The van der Waals surface area contributed by atoms with Crippen LogP contribution in [0.3, 0.4) is 0 Å². The zero-order valence-corrected chi connectivity index (χ0v) is 13.0. The summed E-state index contributed by atoms with van der Waals surface area (Å²) in [5, 5.41) is 3.58. The normalized spacial score (nSPS) is 10.4. The van der Waals surface area contributed by atoms with E-state index in [0.29, 0.717) is 29.3 Å². The van der Waals surface area contributed by atoms with Gasteiger partial charge in [0.2, 0.25) is 0 Å². The van der Waals surface area contributed by atoms with Crippen molar-refractivity contribution in [2.75, 3.05) is 6.54 Å². The fourth-order valence-electron chi connectivity index (χ4n) is 1.67. The molecular weight excluding hydrogens is 310 g/mol. The number of nitrogens with zero attached hydrogens (tertiary/aromatic N) is 2. The summed E-state index contributed by atoms with van der Waals surface area (Å²) in [5.41, 5.74) is 0.819. The Hall–Kier alpha value is -1.79. The van der Waals surface area contributed by atoms with Gasteiger partial charge in [-0.05, 0) is 25.5 Å². The van der Waals surface area contributed by atoms with Gasteiger partial charge in [0.05, 0.1) is 0 Å². The first-order valence-electron chi connectivity index (χ1n) is 6.42. The number of pyridine rings is 1. The molecule has 0 aliphatic heterocycles. The third kappa shape index (κ3) is 4.34. The summed E-state index contributed by atoms with van der Waals surface area (Å²) in [7, 11) is 0. The molecule has 0 radical (unpaired) electrons. The van der Waals surface area contributed by atoms with Crippen LogP contribution in [0, 0.1) is 0 Å². The molecule has 5 nitrogen and oxygen atoms in total. The zero-order chi connectivity index (χ0) is 15.2. The second kappa shape index (κ2) is 7.28. The SMILES string of the molecule is CC(=O)CCCNC(=O)c1sc(-c2cccnc2)nc1Cl. The van der Waals surface area contributed by atoms with Gasteiger partial charge in [0.1, 0.15) is 15.7 Å². The van der Waals surface area contributed by atoms with Crippen molar-refractivity contribution in [1.29, 1.82) is 0 Å². The number of nitrogens with one attached hydrogen (secondary N) is 1. The van der Waals surface area contributed by atoms with Crippen LogP contribution in [0.5, 0.6) is 0 Å². The number of amides is 1. The summed E-state index contributed by atoms with van der Waals surface area (Å²) >= 11 is 7.24. The molecule has 0 aliphatic carbocycles. The van der Waals surface area contributed by atoms with Gasteiger partial charge < -0.3 is 10.1 Å². The monoisotopic (exact) mass is 323 g/mol. The molecule has 21 heavy (non-hydrogen) atoms. The zero-order valence-electron chi connectivity index (χ0n) is 11.4. The molecule has 0 unspecified atom stereocenters. The summed E-state index contributed by atoms with van der Waals surface area (Å²) in [6, 6.07) is 3.66. The van der Waals surface area contributed by atoms with E-state index in [2.05, 4.69) is 15.3 Å². The first-order chi connectivity index (χ1) is 10.1. The lowest BCUT2D eigenvalue weighted by atomic mass is 10.2. The Morgan fingerprint density at radius 1 is 1.43 bits per heavy atom. The molecule has 110 valence electrons. The lowest BCUT2D eigenvalue weighted by molar-refractivity contribution is -0.117. The Bertz CT molecular complexity index is 643. The number of aromatic nitrogens is 2. The number of halogens is 1. The highest BCUT2D eigenvalue weighted by Crippen LogP contribution is 2.30. The van der Waals surface area contributed by atoms with Crippen LogP contribution >= 0.6 is 22.9 Å². The van der Waals surface area contributed by atoms with Crippen molar-refractivity contribution >= 4 is 34.6 Å². The van der Waals surface area contributed by atoms with Gasteiger partial charge in [-0.25, -0.2) is 4.98 Å². The molecule has 0 aliphatic rings. The lowest BCUT2D eigenvalue weighted by Gasteiger charge is -2.02. The van der Waals surface area contributed by atoms with Crippen LogP contribution in [0.4, 0.5) is 0 Å². The van der Waals surface area contributed by atoms with Crippen molar-refractivity contribution in [2.24, 2.45) is 0 Å². The average molecular weight is 324 g/mol. The lowest BCUT2D eigenvalue weighted by Crippen LogP contribution is -2.24. The fourth-order valence-corrected chi connectivity index (χ4v) is 2.87. The Labute approximate surface area is 131 Å². The van der Waals surface area contributed by atoms with Crippen LogP contribution in [-0.4, -0.2) is 28.2 Å². The van der Waals surface area contributed by atoms with Gasteiger partial charge in [0, 0.05) is 30.9 Å². The maximum atomic E-state index is 12.0. The van der Waals surface area contributed by atoms with E-state index in [1.165, 1.54) is 18.3 Å². The molecule has 2 heterocycles.